The number of aromatic nitrogens is 2. The Morgan fingerprint density at radius 1 is 1.04 bits per heavy atom. The Labute approximate surface area is 148 Å². The van der Waals surface area contributed by atoms with Crippen LogP contribution in [-0.2, 0) is 21.3 Å². The van der Waals surface area contributed by atoms with Crippen molar-refractivity contribution in [1.82, 2.24) is 9.78 Å². The number of ether oxygens (including phenoxy) is 1. The maximum atomic E-state index is 12.4. The zero-order valence-electron chi connectivity index (χ0n) is 14.8. The van der Waals surface area contributed by atoms with Crippen LogP contribution in [0.3, 0.4) is 0 Å². The van der Waals surface area contributed by atoms with E-state index in [0.29, 0.717) is 12.8 Å². The van der Waals surface area contributed by atoms with E-state index in [-0.39, 0.29) is 17.1 Å². The summed E-state index contributed by atoms with van der Waals surface area (Å²) in [5.41, 5.74) is 1.88. The van der Waals surface area contributed by atoms with E-state index in [0.717, 1.165) is 29.8 Å². The van der Waals surface area contributed by atoms with Crippen molar-refractivity contribution >= 4 is 10.1 Å². The third kappa shape index (κ3) is 4.41. The second kappa shape index (κ2) is 7.17. The quantitative estimate of drug-likeness (QED) is 0.762. The largest absolute Gasteiger partial charge is 0.487 e. The second-order valence-electron chi connectivity index (χ2n) is 6.63. The normalized spacial score (nSPS) is 21.2. The fourth-order valence-corrected chi connectivity index (χ4v) is 4.19. The van der Waals surface area contributed by atoms with Crippen LogP contribution >= 0.6 is 0 Å². The second-order valence-corrected chi connectivity index (χ2v) is 8.20. The van der Waals surface area contributed by atoms with Crippen LogP contribution in [-0.4, -0.2) is 30.4 Å². The maximum absolute atomic E-state index is 12.4. The van der Waals surface area contributed by atoms with Crippen molar-refractivity contribution in [3.63, 3.8) is 0 Å². The summed E-state index contributed by atoms with van der Waals surface area (Å²) in [6.45, 7) is 3.83. The molecule has 7 heteroatoms. The molecule has 0 unspecified atom stereocenters. The number of benzene rings is 1. The van der Waals surface area contributed by atoms with Gasteiger partial charge in [-0.15, -0.1) is 0 Å². The molecule has 1 aliphatic rings. The molecule has 0 amide bonds. The number of rotatable bonds is 5. The SMILES string of the molecule is Cc1ccc(S(=O)(=O)OC2CCC(Oc3cn(C)nc3C)CC2)cc1. The predicted octanol–water partition coefficient (Wildman–Crippen LogP) is 3.13. The summed E-state index contributed by atoms with van der Waals surface area (Å²) in [5, 5.41) is 4.27. The highest BCUT2D eigenvalue weighted by Crippen LogP contribution is 2.28. The highest BCUT2D eigenvalue weighted by atomic mass is 32.2. The van der Waals surface area contributed by atoms with Crippen LogP contribution in [0.15, 0.2) is 35.4 Å². The lowest BCUT2D eigenvalue weighted by molar-refractivity contribution is 0.0837. The minimum atomic E-state index is -3.71. The topological polar surface area (TPSA) is 70.4 Å². The lowest BCUT2D eigenvalue weighted by atomic mass is 9.95. The van der Waals surface area contributed by atoms with E-state index in [2.05, 4.69) is 5.10 Å². The summed E-state index contributed by atoms with van der Waals surface area (Å²) >= 11 is 0. The van der Waals surface area contributed by atoms with E-state index in [1.807, 2.05) is 27.1 Å². The monoisotopic (exact) mass is 364 g/mol. The number of nitrogens with zero attached hydrogens (tertiary/aromatic N) is 2. The molecule has 6 nitrogen and oxygen atoms in total. The Morgan fingerprint density at radius 3 is 2.20 bits per heavy atom. The van der Waals surface area contributed by atoms with E-state index in [1.165, 1.54) is 0 Å². The molecular formula is C18H24N2O4S. The molecule has 25 heavy (non-hydrogen) atoms. The van der Waals surface area contributed by atoms with Gasteiger partial charge in [-0.2, -0.15) is 13.5 Å². The summed E-state index contributed by atoms with van der Waals surface area (Å²) in [4.78, 5) is 0.211. The molecule has 3 rings (SSSR count). The van der Waals surface area contributed by atoms with Crippen molar-refractivity contribution < 1.29 is 17.3 Å². The van der Waals surface area contributed by atoms with Crippen molar-refractivity contribution in [2.24, 2.45) is 7.05 Å². The number of aryl methyl sites for hydroxylation is 3. The Morgan fingerprint density at radius 2 is 1.64 bits per heavy atom. The first-order chi connectivity index (χ1) is 11.8. The van der Waals surface area contributed by atoms with Gasteiger partial charge in [0.2, 0.25) is 0 Å². The Hall–Kier alpha value is -1.86. The number of hydrogen-bond acceptors (Lipinski definition) is 5. The fourth-order valence-electron chi connectivity index (χ4n) is 3.06. The van der Waals surface area contributed by atoms with Crippen LogP contribution in [0.25, 0.3) is 0 Å². The zero-order valence-corrected chi connectivity index (χ0v) is 15.6. The smallest absolute Gasteiger partial charge is 0.297 e. The number of hydrogen-bond donors (Lipinski definition) is 0. The predicted molar refractivity (Wildman–Crippen MR) is 94.1 cm³/mol. The lowest BCUT2D eigenvalue weighted by Crippen LogP contribution is -2.30. The van der Waals surface area contributed by atoms with Crippen molar-refractivity contribution in [3.8, 4) is 5.75 Å². The Balaban J connectivity index is 1.55. The van der Waals surface area contributed by atoms with Gasteiger partial charge in [0, 0.05) is 7.05 Å². The first-order valence-electron chi connectivity index (χ1n) is 8.50. The fraction of sp³-hybridized carbons (Fsp3) is 0.500. The van der Waals surface area contributed by atoms with E-state index in [4.69, 9.17) is 8.92 Å². The van der Waals surface area contributed by atoms with E-state index < -0.39 is 10.1 Å². The molecule has 0 N–H and O–H groups in total. The molecule has 0 bridgehead atoms. The van der Waals surface area contributed by atoms with E-state index in [1.54, 1.807) is 28.9 Å². The van der Waals surface area contributed by atoms with Gasteiger partial charge in [0.05, 0.1) is 23.3 Å². The van der Waals surface area contributed by atoms with Crippen LogP contribution in [0.2, 0.25) is 0 Å². The van der Waals surface area contributed by atoms with Crippen molar-refractivity contribution in [3.05, 3.63) is 41.7 Å². The molecule has 2 aromatic rings. The van der Waals surface area contributed by atoms with Gasteiger partial charge in [-0.25, -0.2) is 0 Å². The third-order valence-electron chi connectivity index (χ3n) is 4.46. The highest BCUT2D eigenvalue weighted by molar-refractivity contribution is 7.86. The van der Waals surface area contributed by atoms with Crippen LogP contribution in [0, 0.1) is 13.8 Å². The minimum Gasteiger partial charge on any atom is -0.487 e. The van der Waals surface area contributed by atoms with Crippen LogP contribution in [0.5, 0.6) is 5.75 Å². The van der Waals surface area contributed by atoms with Crippen LogP contribution in [0.1, 0.15) is 36.9 Å². The summed E-state index contributed by atoms with van der Waals surface area (Å²) in [6.07, 6.45) is 4.50. The molecule has 0 radical (unpaired) electrons. The summed E-state index contributed by atoms with van der Waals surface area (Å²) < 4.78 is 37.9. The molecule has 1 aromatic heterocycles. The minimum absolute atomic E-state index is 0.0739. The van der Waals surface area contributed by atoms with Gasteiger partial charge in [0.1, 0.15) is 5.69 Å². The summed E-state index contributed by atoms with van der Waals surface area (Å²) in [6, 6.07) is 6.73. The van der Waals surface area contributed by atoms with Gasteiger partial charge in [0.25, 0.3) is 10.1 Å². The average molecular weight is 364 g/mol. The summed E-state index contributed by atoms with van der Waals surface area (Å²) in [7, 11) is -1.85. The van der Waals surface area contributed by atoms with Gasteiger partial charge in [-0.3, -0.25) is 8.86 Å². The van der Waals surface area contributed by atoms with E-state index in [9.17, 15) is 8.42 Å². The van der Waals surface area contributed by atoms with Gasteiger partial charge in [-0.05, 0) is 51.7 Å². The molecule has 0 spiro atoms. The van der Waals surface area contributed by atoms with Gasteiger partial charge < -0.3 is 4.74 Å². The Bertz CT molecular complexity index is 819. The average Bonchev–Trinajstić information content (AvgIpc) is 2.87. The van der Waals surface area contributed by atoms with Gasteiger partial charge >= 0.3 is 0 Å². The molecular weight excluding hydrogens is 340 g/mol. The molecule has 0 saturated heterocycles. The molecule has 1 fully saturated rings. The first-order valence-corrected chi connectivity index (χ1v) is 9.91. The molecule has 136 valence electrons. The highest BCUT2D eigenvalue weighted by Gasteiger charge is 2.28. The van der Waals surface area contributed by atoms with E-state index >= 15 is 0 Å². The van der Waals surface area contributed by atoms with Crippen molar-refractivity contribution in [2.45, 2.75) is 56.6 Å². The van der Waals surface area contributed by atoms with Crippen LogP contribution < -0.4 is 4.74 Å². The molecule has 1 heterocycles. The maximum Gasteiger partial charge on any atom is 0.297 e. The Kier molecular flexibility index (Phi) is 5.15. The summed E-state index contributed by atoms with van der Waals surface area (Å²) in [5.74, 6) is 0.791. The molecule has 0 atom stereocenters. The van der Waals surface area contributed by atoms with Gasteiger partial charge in [-0.1, -0.05) is 17.7 Å². The third-order valence-corrected chi connectivity index (χ3v) is 5.83. The first kappa shape index (κ1) is 17.9. The molecule has 1 aliphatic carbocycles. The lowest BCUT2D eigenvalue weighted by Gasteiger charge is -2.28. The van der Waals surface area contributed by atoms with Crippen molar-refractivity contribution in [2.75, 3.05) is 0 Å². The zero-order chi connectivity index (χ0) is 18.0. The van der Waals surface area contributed by atoms with Crippen LogP contribution in [0.4, 0.5) is 0 Å². The molecule has 0 aliphatic heterocycles. The van der Waals surface area contributed by atoms with Gasteiger partial charge in [0.15, 0.2) is 5.75 Å². The van der Waals surface area contributed by atoms with Crippen molar-refractivity contribution in [1.29, 1.82) is 0 Å². The standard InChI is InChI=1S/C18H24N2O4S/c1-13-4-10-17(11-5-13)25(21,22)24-16-8-6-15(7-9-16)23-18-12-20(3)19-14(18)2/h4-5,10-12,15-16H,6-9H2,1-3H3. The molecule has 1 saturated carbocycles. The molecule has 1 aromatic carbocycles.